The van der Waals surface area contributed by atoms with Crippen LogP contribution in [0.25, 0.3) is 16.6 Å². The van der Waals surface area contributed by atoms with Crippen molar-refractivity contribution >= 4 is 28.2 Å². The largest absolute Gasteiger partial charge is 0.507 e. The van der Waals surface area contributed by atoms with E-state index in [1.54, 1.807) is 29.6 Å². The van der Waals surface area contributed by atoms with Gasteiger partial charge in [-0.1, -0.05) is 19.9 Å². The molecule has 1 aliphatic heterocycles. The Hall–Kier alpha value is -3.23. The highest BCUT2D eigenvalue weighted by molar-refractivity contribution is 7.12. The number of carboxylic acid groups (broad SMARTS) is 1. The van der Waals surface area contributed by atoms with Crippen molar-refractivity contribution in [1.82, 2.24) is 4.57 Å². The topological polar surface area (TPSA) is 71.7 Å². The number of fused-ring (bicyclic) bond motifs is 3. The number of ether oxygens (including phenoxy) is 1. The molecule has 0 radical (unpaired) electrons. The van der Waals surface area contributed by atoms with Crippen LogP contribution in [-0.2, 0) is 15.8 Å². The van der Waals surface area contributed by atoms with Crippen LogP contribution in [0.2, 0.25) is 0 Å². The van der Waals surface area contributed by atoms with Gasteiger partial charge in [-0.05, 0) is 48.2 Å². The van der Waals surface area contributed by atoms with Crippen molar-refractivity contribution < 1.29 is 28.5 Å². The summed E-state index contributed by atoms with van der Waals surface area (Å²) in [5, 5.41) is 22.6. The number of rotatable bonds is 3. The van der Waals surface area contributed by atoms with Crippen molar-refractivity contribution in [2.45, 2.75) is 31.8 Å². The summed E-state index contributed by atoms with van der Waals surface area (Å²) in [5.74, 6) is -2.93. The number of carboxylic acids is 1. The van der Waals surface area contributed by atoms with Gasteiger partial charge in [0.05, 0.1) is 12.1 Å². The second kappa shape index (κ2) is 7.13. The van der Waals surface area contributed by atoms with Gasteiger partial charge in [-0.15, -0.1) is 11.3 Å². The van der Waals surface area contributed by atoms with Gasteiger partial charge >= 0.3 is 5.97 Å². The number of phenolic OH excluding ortho intramolecular Hbond substituents is 1. The molecule has 5 nitrogen and oxygen atoms in total. The van der Waals surface area contributed by atoms with E-state index in [1.807, 2.05) is 25.3 Å². The first kappa shape index (κ1) is 21.6. The summed E-state index contributed by atoms with van der Waals surface area (Å²) >= 11 is 1.10. The molecule has 8 heteroatoms. The molecule has 0 saturated heterocycles. The monoisotopic (exact) mass is 469 g/mol. The SMILES string of the molecule is CC1(C)COC(C)(c2csc(C(=O)O)c2)c2c1n(-c1ccc(F)c(F)c1)c1cccc(O)c21. The van der Waals surface area contributed by atoms with Gasteiger partial charge in [0.25, 0.3) is 0 Å². The third-order valence-electron chi connectivity index (χ3n) is 6.33. The zero-order valence-electron chi connectivity index (χ0n) is 18.1. The van der Waals surface area contributed by atoms with E-state index < -0.39 is 28.6 Å². The molecule has 1 aliphatic rings. The first-order valence-corrected chi connectivity index (χ1v) is 11.2. The van der Waals surface area contributed by atoms with E-state index in [4.69, 9.17) is 4.74 Å². The maximum atomic E-state index is 14.3. The Bertz CT molecular complexity index is 1440. The summed E-state index contributed by atoms with van der Waals surface area (Å²) in [6, 6.07) is 10.4. The van der Waals surface area contributed by atoms with Gasteiger partial charge in [-0.3, -0.25) is 0 Å². The smallest absolute Gasteiger partial charge is 0.345 e. The first-order chi connectivity index (χ1) is 15.5. The third kappa shape index (κ3) is 3.08. The summed E-state index contributed by atoms with van der Waals surface area (Å²) in [7, 11) is 0. The molecule has 2 aromatic carbocycles. The number of nitrogens with zero attached hydrogens (tertiary/aromatic N) is 1. The van der Waals surface area contributed by atoms with E-state index >= 15 is 0 Å². The maximum Gasteiger partial charge on any atom is 0.345 e. The Morgan fingerprint density at radius 2 is 1.88 bits per heavy atom. The zero-order chi connectivity index (χ0) is 23.7. The Morgan fingerprint density at radius 1 is 1.12 bits per heavy atom. The highest BCUT2D eigenvalue weighted by Gasteiger charge is 2.47. The normalized spacial score (nSPS) is 19.5. The van der Waals surface area contributed by atoms with Crippen LogP contribution in [-0.4, -0.2) is 27.4 Å². The van der Waals surface area contributed by atoms with Crippen LogP contribution in [0.5, 0.6) is 5.75 Å². The Labute approximate surface area is 192 Å². The minimum Gasteiger partial charge on any atom is -0.507 e. The lowest BCUT2D eigenvalue weighted by Crippen LogP contribution is -2.42. The second-order valence-electron chi connectivity index (χ2n) is 9.04. The van der Waals surface area contributed by atoms with E-state index in [1.165, 1.54) is 6.07 Å². The molecule has 1 unspecified atom stereocenters. The number of aromatic nitrogens is 1. The Balaban J connectivity index is 1.91. The first-order valence-electron chi connectivity index (χ1n) is 10.3. The van der Waals surface area contributed by atoms with Crippen LogP contribution in [0, 0.1) is 11.6 Å². The molecule has 4 aromatic rings. The van der Waals surface area contributed by atoms with E-state index in [9.17, 15) is 23.8 Å². The predicted molar refractivity (Wildman–Crippen MR) is 122 cm³/mol. The lowest BCUT2D eigenvalue weighted by Gasteiger charge is -2.42. The summed E-state index contributed by atoms with van der Waals surface area (Å²) in [4.78, 5) is 11.7. The molecule has 33 heavy (non-hydrogen) atoms. The number of hydrogen-bond acceptors (Lipinski definition) is 4. The van der Waals surface area contributed by atoms with Crippen LogP contribution in [0.15, 0.2) is 47.8 Å². The van der Waals surface area contributed by atoms with Crippen molar-refractivity contribution in [3.63, 3.8) is 0 Å². The number of phenols is 1. The molecular formula is C25H21F2NO4S. The molecule has 170 valence electrons. The predicted octanol–water partition coefficient (Wildman–Crippen LogP) is 5.95. The molecule has 5 rings (SSSR count). The van der Waals surface area contributed by atoms with Gasteiger partial charge in [0.15, 0.2) is 11.6 Å². The molecule has 2 N–H and O–H groups in total. The number of benzene rings is 2. The minimum absolute atomic E-state index is 0.0197. The second-order valence-corrected chi connectivity index (χ2v) is 9.95. The fraction of sp³-hybridized carbons (Fsp3) is 0.240. The zero-order valence-corrected chi connectivity index (χ0v) is 19.0. The number of halogens is 2. The summed E-state index contributed by atoms with van der Waals surface area (Å²) in [6.07, 6.45) is 0. The lowest BCUT2D eigenvalue weighted by molar-refractivity contribution is -0.0434. The molecule has 0 spiro atoms. The van der Waals surface area contributed by atoms with Crippen LogP contribution in [0.1, 0.15) is 47.3 Å². The van der Waals surface area contributed by atoms with Crippen molar-refractivity contribution in [2.24, 2.45) is 0 Å². The van der Waals surface area contributed by atoms with Crippen molar-refractivity contribution in [1.29, 1.82) is 0 Å². The average molecular weight is 470 g/mol. The number of carbonyl (C=O) groups is 1. The van der Waals surface area contributed by atoms with Crippen LogP contribution in [0.3, 0.4) is 0 Å². The standard InChI is InChI=1S/C25H21F2NO4S/c1-24(2)12-32-25(3,13-9-19(23(30)31)33-11-13)21-20-17(5-4-6-18(20)29)28(22(21)24)14-7-8-15(26)16(27)10-14/h4-11,29H,12H2,1-3H3,(H,30,31). The molecule has 2 aromatic heterocycles. The van der Waals surface area contributed by atoms with Crippen molar-refractivity contribution in [3.05, 3.63) is 81.2 Å². The molecule has 0 aliphatic carbocycles. The number of thiophene rings is 1. The summed E-state index contributed by atoms with van der Waals surface area (Å²) < 4.78 is 36.2. The molecule has 3 heterocycles. The van der Waals surface area contributed by atoms with Gasteiger partial charge in [0.2, 0.25) is 0 Å². The highest BCUT2D eigenvalue weighted by atomic mass is 32.1. The van der Waals surface area contributed by atoms with E-state index in [0.29, 0.717) is 27.7 Å². The molecule has 1 atom stereocenters. The van der Waals surface area contributed by atoms with Crippen LogP contribution < -0.4 is 0 Å². The van der Waals surface area contributed by atoms with Crippen LogP contribution in [0.4, 0.5) is 8.78 Å². The van der Waals surface area contributed by atoms with E-state index in [-0.39, 0.29) is 17.2 Å². The lowest BCUT2D eigenvalue weighted by atomic mass is 9.76. The van der Waals surface area contributed by atoms with E-state index in [0.717, 1.165) is 29.2 Å². The quantitative estimate of drug-likeness (QED) is 0.389. The fourth-order valence-electron chi connectivity index (χ4n) is 4.71. The van der Waals surface area contributed by atoms with Gasteiger partial charge in [-0.25, -0.2) is 13.6 Å². The molecule has 0 fully saturated rings. The molecule has 0 amide bonds. The number of aromatic carboxylic acids is 1. The Morgan fingerprint density at radius 3 is 2.55 bits per heavy atom. The van der Waals surface area contributed by atoms with Gasteiger partial charge < -0.3 is 19.5 Å². The molecule has 0 bridgehead atoms. The Kier molecular flexibility index (Phi) is 4.67. The van der Waals surface area contributed by atoms with Gasteiger partial charge in [0.1, 0.15) is 16.2 Å². The minimum atomic E-state index is -1.07. The van der Waals surface area contributed by atoms with Gasteiger partial charge in [0, 0.05) is 33.8 Å². The van der Waals surface area contributed by atoms with Crippen LogP contribution >= 0.6 is 11.3 Å². The molecule has 0 saturated carbocycles. The third-order valence-corrected chi connectivity index (χ3v) is 7.25. The molecular weight excluding hydrogens is 448 g/mol. The van der Waals surface area contributed by atoms with Crippen molar-refractivity contribution in [3.8, 4) is 11.4 Å². The number of hydrogen-bond donors (Lipinski definition) is 2. The van der Waals surface area contributed by atoms with E-state index in [2.05, 4.69) is 0 Å². The average Bonchev–Trinajstić information content (AvgIpc) is 3.39. The summed E-state index contributed by atoms with van der Waals surface area (Å²) in [6.45, 7) is 6.09. The number of aromatic hydroxyl groups is 1. The highest BCUT2D eigenvalue weighted by Crippen LogP contribution is 2.52. The summed E-state index contributed by atoms with van der Waals surface area (Å²) in [5.41, 5.74) is 1.50. The van der Waals surface area contributed by atoms with Gasteiger partial charge in [-0.2, -0.15) is 0 Å². The fourth-order valence-corrected chi connectivity index (χ4v) is 5.55. The van der Waals surface area contributed by atoms with Crippen molar-refractivity contribution in [2.75, 3.05) is 6.61 Å². The maximum absolute atomic E-state index is 14.3.